The first kappa shape index (κ1) is 11.7. The molecule has 2 heterocycles. The fourth-order valence-corrected chi connectivity index (χ4v) is 1.76. The number of esters is 1. The first-order valence-electron chi connectivity index (χ1n) is 5.03. The van der Waals surface area contributed by atoms with Crippen molar-refractivity contribution in [2.75, 3.05) is 6.61 Å². The fourth-order valence-electron chi connectivity index (χ4n) is 1.54. The molecule has 1 N–H and O–H groups in total. The number of carbonyl (C=O) groups is 1. The van der Waals surface area contributed by atoms with Crippen molar-refractivity contribution >= 4 is 23.2 Å². The van der Waals surface area contributed by atoms with Crippen LogP contribution in [0, 0.1) is 0 Å². The Labute approximate surface area is 101 Å². The van der Waals surface area contributed by atoms with E-state index >= 15 is 0 Å². The van der Waals surface area contributed by atoms with E-state index in [9.17, 15) is 9.59 Å². The van der Waals surface area contributed by atoms with Crippen molar-refractivity contribution in [3.05, 3.63) is 33.3 Å². The van der Waals surface area contributed by atoms with Gasteiger partial charge in [-0.25, -0.2) is 14.3 Å². The topological polar surface area (TPSA) is 76.5 Å². The highest BCUT2D eigenvalue weighted by Crippen LogP contribution is 2.16. The Bertz CT molecular complexity index is 617. The van der Waals surface area contributed by atoms with Crippen LogP contribution in [0.3, 0.4) is 0 Å². The second-order valence-electron chi connectivity index (χ2n) is 3.33. The van der Waals surface area contributed by atoms with Crippen molar-refractivity contribution in [3.8, 4) is 0 Å². The molecule has 0 aromatic carbocycles. The average molecular weight is 256 g/mol. The summed E-state index contributed by atoms with van der Waals surface area (Å²) in [5.74, 6) is -0.435. The van der Waals surface area contributed by atoms with Gasteiger partial charge >= 0.3 is 11.7 Å². The number of aromatic amines is 1. The second kappa shape index (κ2) is 4.58. The molecule has 2 rings (SSSR count). The minimum Gasteiger partial charge on any atom is -0.466 e. The summed E-state index contributed by atoms with van der Waals surface area (Å²) in [6.07, 6.45) is -0.0660. The van der Waals surface area contributed by atoms with Crippen molar-refractivity contribution < 1.29 is 9.53 Å². The molecule has 2 aromatic rings. The lowest BCUT2D eigenvalue weighted by atomic mass is 10.2. The van der Waals surface area contributed by atoms with Crippen LogP contribution in [0.15, 0.2) is 16.9 Å². The van der Waals surface area contributed by atoms with Crippen LogP contribution in [-0.4, -0.2) is 27.2 Å². The first-order chi connectivity index (χ1) is 8.13. The third-order valence-electron chi connectivity index (χ3n) is 2.24. The molecule has 0 radical (unpaired) electrons. The van der Waals surface area contributed by atoms with E-state index in [4.69, 9.17) is 16.3 Å². The van der Waals surface area contributed by atoms with Gasteiger partial charge in [0.25, 0.3) is 0 Å². The highest BCUT2D eigenvalue weighted by atomic mass is 35.5. The van der Waals surface area contributed by atoms with Crippen LogP contribution in [-0.2, 0) is 16.0 Å². The monoisotopic (exact) mass is 255 g/mol. The number of hydrogen-bond acceptors (Lipinski definition) is 4. The number of nitrogens with one attached hydrogen (secondary N) is 1. The van der Waals surface area contributed by atoms with E-state index in [0.29, 0.717) is 16.4 Å². The van der Waals surface area contributed by atoms with Crippen LogP contribution in [0.2, 0.25) is 5.02 Å². The van der Waals surface area contributed by atoms with Gasteiger partial charge in [-0.05, 0) is 19.1 Å². The highest BCUT2D eigenvalue weighted by Gasteiger charge is 2.14. The Morgan fingerprint density at radius 1 is 1.59 bits per heavy atom. The van der Waals surface area contributed by atoms with E-state index in [1.165, 1.54) is 4.40 Å². The third kappa shape index (κ3) is 2.16. The predicted octanol–water partition coefficient (Wildman–Crippen LogP) is 0.782. The van der Waals surface area contributed by atoms with Gasteiger partial charge < -0.3 is 4.74 Å². The maximum Gasteiger partial charge on any atom is 0.348 e. The minimum atomic E-state index is -0.435. The number of pyridine rings is 1. The third-order valence-corrected chi connectivity index (χ3v) is 2.58. The molecule has 90 valence electrons. The van der Waals surface area contributed by atoms with Crippen molar-refractivity contribution in [2.45, 2.75) is 13.3 Å². The molecule has 17 heavy (non-hydrogen) atoms. The molecule has 0 unspecified atom stereocenters. The van der Waals surface area contributed by atoms with E-state index in [-0.39, 0.29) is 13.0 Å². The van der Waals surface area contributed by atoms with Crippen LogP contribution in [0.1, 0.15) is 12.6 Å². The number of carbonyl (C=O) groups excluding carboxylic acids is 1. The number of rotatable bonds is 3. The van der Waals surface area contributed by atoms with Crippen molar-refractivity contribution in [1.29, 1.82) is 0 Å². The first-order valence-corrected chi connectivity index (χ1v) is 5.41. The molecule has 0 saturated heterocycles. The summed E-state index contributed by atoms with van der Waals surface area (Å²) in [4.78, 5) is 22.9. The normalized spacial score (nSPS) is 10.7. The number of aromatic nitrogens is 3. The zero-order valence-electron chi connectivity index (χ0n) is 9.07. The Morgan fingerprint density at radius 3 is 3.06 bits per heavy atom. The fraction of sp³-hybridized carbons (Fsp3) is 0.300. The summed E-state index contributed by atoms with van der Waals surface area (Å²) in [6, 6.07) is 3.18. The number of fused-ring (bicyclic) bond motifs is 1. The maximum absolute atomic E-state index is 11.5. The van der Waals surface area contributed by atoms with Gasteiger partial charge in [-0.3, -0.25) is 4.79 Å². The minimum absolute atomic E-state index is 0.0660. The van der Waals surface area contributed by atoms with Gasteiger partial charge in [-0.2, -0.15) is 5.10 Å². The van der Waals surface area contributed by atoms with Crippen molar-refractivity contribution in [1.82, 2.24) is 14.6 Å². The molecular formula is C10H10ClN3O3. The average Bonchev–Trinajstić information content (AvgIpc) is 2.65. The molecular weight excluding hydrogens is 246 g/mol. The summed E-state index contributed by atoms with van der Waals surface area (Å²) in [5, 5.41) is 6.41. The van der Waals surface area contributed by atoms with Crippen LogP contribution >= 0.6 is 11.6 Å². The zero-order chi connectivity index (χ0) is 12.4. The molecule has 0 spiro atoms. The Kier molecular flexibility index (Phi) is 3.14. The zero-order valence-corrected chi connectivity index (χ0v) is 9.82. The number of hydrogen-bond donors (Lipinski definition) is 1. The van der Waals surface area contributed by atoms with Gasteiger partial charge in [0.2, 0.25) is 0 Å². The predicted molar refractivity (Wildman–Crippen MR) is 61.2 cm³/mol. The molecule has 0 aliphatic rings. The largest absolute Gasteiger partial charge is 0.466 e. The number of nitrogens with zero attached hydrogens (tertiary/aromatic N) is 2. The van der Waals surface area contributed by atoms with Crippen molar-refractivity contribution in [2.24, 2.45) is 0 Å². The van der Waals surface area contributed by atoms with Gasteiger partial charge in [0.1, 0.15) is 0 Å². The lowest BCUT2D eigenvalue weighted by molar-refractivity contribution is -0.142. The Morgan fingerprint density at radius 2 is 2.35 bits per heavy atom. The Balaban J connectivity index is 2.51. The van der Waals surface area contributed by atoms with Crippen LogP contribution in [0.4, 0.5) is 0 Å². The van der Waals surface area contributed by atoms with Crippen LogP contribution in [0.25, 0.3) is 5.65 Å². The summed E-state index contributed by atoms with van der Waals surface area (Å²) < 4.78 is 6.09. The highest BCUT2D eigenvalue weighted by molar-refractivity contribution is 6.31. The number of halogens is 1. The maximum atomic E-state index is 11.5. The molecule has 7 heteroatoms. The van der Waals surface area contributed by atoms with Gasteiger partial charge in [-0.1, -0.05) is 11.6 Å². The molecule has 0 aliphatic heterocycles. The number of ether oxygens (including phenoxy) is 1. The van der Waals surface area contributed by atoms with Crippen LogP contribution in [0.5, 0.6) is 0 Å². The molecule has 0 amide bonds. The van der Waals surface area contributed by atoms with Crippen LogP contribution < -0.4 is 5.69 Å². The molecule has 0 bridgehead atoms. The van der Waals surface area contributed by atoms with Gasteiger partial charge in [0, 0.05) is 0 Å². The van der Waals surface area contributed by atoms with Gasteiger partial charge in [-0.15, -0.1) is 0 Å². The lowest BCUT2D eigenvalue weighted by Gasteiger charge is -2.06. The van der Waals surface area contributed by atoms with E-state index in [1.807, 2.05) is 0 Å². The van der Waals surface area contributed by atoms with Crippen molar-refractivity contribution in [3.63, 3.8) is 0 Å². The molecule has 0 atom stereocenters. The summed E-state index contributed by atoms with van der Waals surface area (Å²) >= 11 is 5.97. The van der Waals surface area contributed by atoms with Gasteiger partial charge in [0.05, 0.1) is 23.7 Å². The number of H-pyrrole nitrogens is 1. The summed E-state index contributed by atoms with van der Waals surface area (Å²) in [6.45, 7) is 2.00. The summed E-state index contributed by atoms with van der Waals surface area (Å²) in [5.41, 5.74) is 0.363. The smallest absolute Gasteiger partial charge is 0.348 e. The van der Waals surface area contributed by atoms with Gasteiger partial charge in [0.15, 0.2) is 5.65 Å². The standard InChI is InChI=1S/C10H10ClN3O3/c1-2-17-9(15)5-7-6(11)3-4-8-12-13-10(16)14(7)8/h3-4H,2,5H2,1H3,(H,13,16). The van der Waals surface area contributed by atoms with E-state index < -0.39 is 11.7 Å². The lowest BCUT2D eigenvalue weighted by Crippen LogP contribution is -2.18. The van der Waals surface area contributed by atoms with E-state index in [2.05, 4.69) is 10.2 Å². The quantitative estimate of drug-likeness (QED) is 0.823. The molecule has 2 aromatic heterocycles. The van der Waals surface area contributed by atoms with E-state index in [1.54, 1.807) is 19.1 Å². The van der Waals surface area contributed by atoms with E-state index in [0.717, 1.165) is 0 Å². The summed E-state index contributed by atoms with van der Waals surface area (Å²) in [7, 11) is 0. The SMILES string of the molecule is CCOC(=O)Cc1c(Cl)ccc2n[nH]c(=O)n12. The Hall–Kier alpha value is -1.82. The molecule has 6 nitrogen and oxygen atoms in total. The molecule has 0 saturated carbocycles. The molecule has 0 fully saturated rings. The second-order valence-corrected chi connectivity index (χ2v) is 3.74. The molecule has 0 aliphatic carbocycles.